The number of ether oxygens (including phenoxy) is 1. The molecule has 0 bridgehead atoms. The van der Waals surface area contributed by atoms with Crippen molar-refractivity contribution >= 4 is 0 Å². The number of aliphatic hydroxyl groups is 1. The molecule has 0 amide bonds. The number of hydrogen-bond acceptors (Lipinski definition) is 5. The average molecular weight is 268 g/mol. The summed E-state index contributed by atoms with van der Waals surface area (Å²) in [6.45, 7) is 5.67. The van der Waals surface area contributed by atoms with Crippen LogP contribution in [0, 0.1) is 0 Å². The van der Waals surface area contributed by atoms with Crippen LogP contribution in [0.2, 0.25) is 0 Å². The molecule has 6 heteroatoms. The van der Waals surface area contributed by atoms with Gasteiger partial charge in [-0.15, -0.1) is 0 Å². The van der Waals surface area contributed by atoms with Gasteiger partial charge in [0.25, 0.3) is 0 Å². The second-order valence-corrected chi connectivity index (χ2v) is 5.41. The van der Waals surface area contributed by atoms with Crippen LogP contribution < -0.4 is 0 Å². The molecule has 0 atom stereocenters. The molecule has 6 nitrogen and oxygen atoms in total. The van der Waals surface area contributed by atoms with Crippen molar-refractivity contribution in [1.29, 1.82) is 0 Å². The Kier molecular flexibility index (Phi) is 4.90. The van der Waals surface area contributed by atoms with Crippen LogP contribution in [-0.2, 0) is 17.8 Å². The molecular formula is C13H24N4O2. The Morgan fingerprint density at radius 1 is 1.47 bits per heavy atom. The molecule has 0 spiro atoms. The topological polar surface area (TPSA) is 63.4 Å². The minimum Gasteiger partial charge on any atom is -0.388 e. The normalized spacial score (nSPS) is 18.9. The molecule has 1 aromatic rings. The number of aryl methyl sites for hydroxylation is 1. The molecule has 2 rings (SSSR count). The summed E-state index contributed by atoms with van der Waals surface area (Å²) in [6.07, 6.45) is 4.06. The summed E-state index contributed by atoms with van der Waals surface area (Å²) in [6, 6.07) is 0. The lowest BCUT2D eigenvalue weighted by Crippen LogP contribution is -2.45. The van der Waals surface area contributed by atoms with Crippen molar-refractivity contribution in [2.24, 2.45) is 0 Å². The first-order valence-electron chi connectivity index (χ1n) is 6.98. The van der Waals surface area contributed by atoms with Crippen molar-refractivity contribution < 1.29 is 9.84 Å². The highest BCUT2D eigenvalue weighted by Crippen LogP contribution is 2.21. The molecular weight excluding hydrogens is 244 g/mol. The van der Waals surface area contributed by atoms with E-state index in [-0.39, 0.29) is 0 Å². The fourth-order valence-electron chi connectivity index (χ4n) is 2.52. The van der Waals surface area contributed by atoms with E-state index >= 15 is 0 Å². The maximum atomic E-state index is 10.5. The summed E-state index contributed by atoms with van der Waals surface area (Å²) in [5, 5.41) is 14.7. The first kappa shape index (κ1) is 14.4. The number of aromatic nitrogens is 3. The molecule has 0 radical (unpaired) electrons. The lowest BCUT2D eigenvalue weighted by molar-refractivity contribution is -0.0780. The van der Waals surface area contributed by atoms with Crippen LogP contribution in [0.4, 0.5) is 0 Å². The molecule has 0 unspecified atom stereocenters. The molecule has 108 valence electrons. The zero-order chi connectivity index (χ0) is 13.7. The second-order valence-electron chi connectivity index (χ2n) is 5.41. The lowest BCUT2D eigenvalue weighted by Gasteiger charge is -2.35. The summed E-state index contributed by atoms with van der Waals surface area (Å²) < 4.78 is 7.23. The van der Waals surface area contributed by atoms with Crippen molar-refractivity contribution in [1.82, 2.24) is 19.7 Å². The number of nitrogens with zero attached hydrogens (tertiary/aromatic N) is 4. The third kappa shape index (κ3) is 3.99. The van der Waals surface area contributed by atoms with E-state index in [2.05, 4.69) is 21.9 Å². The molecule has 1 fully saturated rings. The van der Waals surface area contributed by atoms with Crippen LogP contribution in [0.5, 0.6) is 0 Å². The van der Waals surface area contributed by atoms with E-state index in [1.54, 1.807) is 6.33 Å². The largest absolute Gasteiger partial charge is 0.388 e. The minimum absolute atomic E-state index is 0.622. The van der Waals surface area contributed by atoms with Gasteiger partial charge in [-0.1, -0.05) is 6.92 Å². The zero-order valence-electron chi connectivity index (χ0n) is 11.9. The van der Waals surface area contributed by atoms with E-state index in [9.17, 15) is 5.11 Å². The average Bonchev–Trinajstić information content (AvgIpc) is 2.77. The van der Waals surface area contributed by atoms with E-state index in [1.807, 2.05) is 11.7 Å². The molecule has 1 aliphatic heterocycles. The quantitative estimate of drug-likeness (QED) is 0.821. The van der Waals surface area contributed by atoms with E-state index in [1.165, 1.54) is 0 Å². The third-order valence-corrected chi connectivity index (χ3v) is 3.53. The van der Waals surface area contributed by atoms with Crippen LogP contribution in [0.3, 0.4) is 0 Å². The van der Waals surface area contributed by atoms with Crippen molar-refractivity contribution in [2.75, 3.05) is 26.8 Å². The Balaban J connectivity index is 1.89. The van der Waals surface area contributed by atoms with Crippen LogP contribution in [0.15, 0.2) is 6.33 Å². The van der Waals surface area contributed by atoms with Crippen LogP contribution in [0.1, 0.15) is 32.0 Å². The fourth-order valence-corrected chi connectivity index (χ4v) is 2.52. The Labute approximate surface area is 114 Å². The van der Waals surface area contributed by atoms with Gasteiger partial charge >= 0.3 is 0 Å². The molecule has 1 N–H and O–H groups in total. The van der Waals surface area contributed by atoms with E-state index < -0.39 is 5.60 Å². The number of likely N-dealkylation sites (N-methyl/N-ethyl adjacent to an activating group) is 1. The number of rotatable bonds is 6. The standard InChI is InChI=1S/C13H24N4O2/c1-3-6-17-12(14-11-15-17)9-16(2)10-13(18)4-7-19-8-5-13/h11,18H,3-10H2,1-2H3. The second kappa shape index (κ2) is 6.45. The van der Waals surface area contributed by atoms with Crippen LogP contribution in [0.25, 0.3) is 0 Å². The fraction of sp³-hybridized carbons (Fsp3) is 0.846. The Morgan fingerprint density at radius 3 is 2.89 bits per heavy atom. The van der Waals surface area contributed by atoms with Gasteiger partial charge in [-0.3, -0.25) is 4.90 Å². The first-order chi connectivity index (χ1) is 9.13. The molecule has 0 aromatic carbocycles. The summed E-state index contributed by atoms with van der Waals surface area (Å²) in [5.41, 5.74) is -0.622. The highest BCUT2D eigenvalue weighted by molar-refractivity contribution is 4.88. The Morgan fingerprint density at radius 2 is 2.21 bits per heavy atom. The van der Waals surface area contributed by atoms with Gasteiger partial charge in [0, 0.05) is 39.1 Å². The summed E-state index contributed by atoms with van der Waals surface area (Å²) >= 11 is 0. The van der Waals surface area contributed by atoms with Gasteiger partial charge in [-0.05, 0) is 13.5 Å². The van der Waals surface area contributed by atoms with Gasteiger partial charge in [0.1, 0.15) is 12.2 Å². The van der Waals surface area contributed by atoms with Gasteiger partial charge < -0.3 is 9.84 Å². The molecule has 2 heterocycles. The number of hydrogen-bond donors (Lipinski definition) is 1. The first-order valence-corrected chi connectivity index (χ1v) is 6.98. The highest BCUT2D eigenvalue weighted by atomic mass is 16.5. The lowest BCUT2D eigenvalue weighted by atomic mass is 9.94. The molecule has 1 aromatic heterocycles. The molecule has 0 aliphatic carbocycles. The monoisotopic (exact) mass is 268 g/mol. The molecule has 1 aliphatic rings. The highest BCUT2D eigenvalue weighted by Gasteiger charge is 2.31. The Hall–Kier alpha value is -0.980. The SMILES string of the molecule is CCCn1ncnc1CN(C)CC1(O)CCOCC1. The predicted molar refractivity (Wildman–Crippen MR) is 71.6 cm³/mol. The van der Waals surface area contributed by atoms with Crippen LogP contribution >= 0.6 is 0 Å². The Bertz CT molecular complexity index is 388. The van der Waals surface area contributed by atoms with Gasteiger partial charge in [0.2, 0.25) is 0 Å². The third-order valence-electron chi connectivity index (χ3n) is 3.53. The van der Waals surface area contributed by atoms with E-state index in [0.29, 0.717) is 39.1 Å². The van der Waals surface area contributed by atoms with Crippen LogP contribution in [-0.4, -0.2) is 57.2 Å². The van der Waals surface area contributed by atoms with Crippen molar-refractivity contribution in [2.45, 2.75) is 44.9 Å². The maximum absolute atomic E-state index is 10.5. The van der Waals surface area contributed by atoms with Gasteiger partial charge in [-0.2, -0.15) is 5.10 Å². The van der Waals surface area contributed by atoms with Gasteiger partial charge in [0.15, 0.2) is 0 Å². The maximum Gasteiger partial charge on any atom is 0.140 e. The van der Waals surface area contributed by atoms with Gasteiger partial charge in [-0.25, -0.2) is 9.67 Å². The summed E-state index contributed by atoms with van der Waals surface area (Å²) in [4.78, 5) is 6.41. The minimum atomic E-state index is -0.622. The molecule has 19 heavy (non-hydrogen) atoms. The summed E-state index contributed by atoms with van der Waals surface area (Å²) in [7, 11) is 2.01. The zero-order valence-corrected chi connectivity index (χ0v) is 11.9. The van der Waals surface area contributed by atoms with Crippen molar-refractivity contribution in [3.8, 4) is 0 Å². The van der Waals surface area contributed by atoms with E-state index in [4.69, 9.17) is 4.74 Å². The van der Waals surface area contributed by atoms with E-state index in [0.717, 1.165) is 18.8 Å². The summed E-state index contributed by atoms with van der Waals surface area (Å²) in [5.74, 6) is 0.958. The van der Waals surface area contributed by atoms with Gasteiger partial charge in [0.05, 0.1) is 12.1 Å². The predicted octanol–water partition coefficient (Wildman–Crippen LogP) is 0.661. The van der Waals surface area contributed by atoms with Crippen molar-refractivity contribution in [3.63, 3.8) is 0 Å². The molecule has 0 saturated carbocycles. The molecule has 1 saturated heterocycles. The van der Waals surface area contributed by atoms with Crippen molar-refractivity contribution in [3.05, 3.63) is 12.2 Å². The smallest absolute Gasteiger partial charge is 0.140 e.